The Balaban J connectivity index is 2.38. The molecule has 0 aliphatic carbocycles. The van der Waals surface area contributed by atoms with E-state index in [9.17, 15) is 73.2 Å². The van der Waals surface area contributed by atoms with E-state index in [0.29, 0.717) is 24.8 Å². The highest BCUT2D eigenvalue weighted by Gasteiger charge is 2.40. The van der Waals surface area contributed by atoms with Crippen molar-refractivity contribution in [2.75, 3.05) is 26.2 Å². The number of carbonyl (C=O) groups excluding carboxylic acids is 10. The van der Waals surface area contributed by atoms with Gasteiger partial charge in [0.05, 0.1) is 55.1 Å². The number of amides is 6. The lowest BCUT2D eigenvalue weighted by molar-refractivity contribution is -0.142. The van der Waals surface area contributed by atoms with Crippen molar-refractivity contribution >= 4 is 76.5 Å². The van der Waals surface area contributed by atoms with Crippen LogP contribution in [-0.2, 0) is 59.2 Å². The normalized spacial score (nSPS) is 16.0. The van der Waals surface area contributed by atoms with E-state index >= 15 is 0 Å². The number of nitrogens with zero attached hydrogens (tertiary/aromatic N) is 4. The van der Waals surface area contributed by atoms with Gasteiger partial charge in [0.2, 0.25) is 35.4 Å². The number of aliphatic imine (C=N–C) groups is 2. The molecule has 492 valence electrons. The zero-order valence-electron chi connectivity index (χ0n) is 51.4. The summed E-state index contributed by atoms with van der Waals surface area (Å²) in [5, 5.41) is 61.9. The van der Waals surface area contributed by atoms with Gasteiger partial charge in [0.25, 0.3) is 0 Å². The second kappa shape index (κ2) is 38.3. The van der Waals surface area contributed by atoms with Crippen LogP contribution in [0.1, 0.15) is 143 Å². The number of carboxylic acids is 1. The SMILES string of the molecule is CC[C@@H](CC1(C)N=N1)C(=O)N[C@@H](CCCN=C(N)N)C(=O)C[C@@H](CO)C(=O)N[C@@H](C)C(=O)C[C@H](C(=O)N[C@@H](CC(=O)O)C(=O)C[C@@H](CCCCN)C(=O)N[C@@H](Cc1ccc(O)cc1)C(=O)C[C@@H](CCCN=C(N)N)C(=O)N[C@@H](CC(C)C)C(N)=O)[C@@H](C)O. The van der Waals surface area contributed by atoms with Gasteiger partial charge in [0, 0.05) is 62.9 Å². The Kier molecular flexibility index (Phi) is 33.1. The number of phenolic OH excluding ortho intramolecular Hbond substituents is 1. The van der Waals surface area contributed by atoms with Gasteiger partial charge < -0.3 is 81.4 Å². The number of nitrogens with one attached hydrogen (secondary N) is 5. The van der Waals surface area contributed by atoms with Crippen molar-refractivity contribution in [3.8, 4) is 5.75 Å². The predicted molar refractivity (Wildman–Crippen MR) is 324 cm³/mol. The second-order valence-electron chi connectivity index (χ2n) is 23.2. The topological polar surface area (TPSA) is 534 Å². The minimum atomic E-state index is -1.83. The van der Waals surface area contributed by atoms with Crippen LogP contribution in [0.25, 0.3) is 0 Å². The number of primary amides is 1. The molecule has 0 unspecified atom stereocenters. The first-order chi connectivity index (χ1) is 41.3. The van der Waals surface area contributed by atoms with E-state index in [-0.39, 0.29) is 94.6 Å². The van der Waals surface area contributed by atoms with Crippen molar-refractivity contribution in [2.45, 2.75) is 186 Å². The summed E-state index contributed by atoms with van der Waals surface area (Å²) in [5.74, 6) is -15.9. The number of aliphatic hydroxyl groups excluding tert-OH is 2. The molecule has 21 N–H and O–H groups in total. The number of rotatable bonds is 46. The molecule has 30 nitrogen and oxygen atoms in total. The molecule has 6 amide bonds. The Labute approximate surface area is 512 Å². The number of hydrogen-bond donors (Lipinski definition) is 15. The molecule has 1 heterocycles. The summed E-state index contributed by atoms with van der Waals surface area (Å²) in [7, 11) is 0. The third-order valence-corrected chi connectivity index (χ3v) is 15.0. The molecule has 0 saturated heterocycles. The maximum absolute atomic E-state index is 14.5. The number of carboxylic acid groups (broad SMARTS) is 1. The van der Waals surface area contributed by atoms with Crippen LogP contribution in [0.5, 0.6) is 5.75 Å². The van der Waals surface area contributed by atoms with Crippen molar-refractivity contribution < 1.29 is 73.2 Å². The molecule has 0 saturated carbocycles. The highest BCUT2D eigenvalue weighted by atomic mass is 16.4. The molecule has 1 aromatic carbocycles. The lowest BCUT2D eigenvalue weighted by Gasteiger charge is -2.27. The Morgan fingerprint density at radius 1 is 0.580 bits per heavy atom. The van der Waals surface area contributed by atoms with Crippen molar-refractivity contribution in [3.63, 3.8) is 0 Å². The number of aliphatic carboxylic acids is 1. The van der Waals surface area contributed by atoms with Gasteiger partial charge in [-0.3, -0.25) is 62.7 Å². The molecule has 2 rings (SSSR count). The zero-order valence-corrected chi connectivity index (χ0v) is 51.4. The summed E-state index contributed by atoms with van der Waals surface area (Å²) >= 11 is 0. The highest BCUT2D eigenvalue weighted by molar-refractivity contribution is 5.99. The van der Waals surface area contributed by atoms with Crippen molar-refractivity contribution in [1.82, 2.24) is 26.6 Å². The van der Waals surface area contributed by atoms with E-state index in [1.807, 2.05) is 13.8 Å². The van der Waals surface area contributed by atoms with Crippen molar-refractivity contribution in [1.29, 1.82) is 0 Å². The van der Waals surface area contributed by atoms with E-state index in [1.165, 1.54) is 31.2 Å². The number of aromatic hydroxyl groups is 1. The monoisotopic (exact) mass is 1240 g/mol. The summed E-state index contributed by atoms with van der Waals surface area (Å²) in [6.07, 6.45) is -3.19. The third-order valence-electron chi connectivity index (χ3n) is 15.0. The first kappa shape index (κ1) is 76.1. The number of phenols is 1. The van der Waals surface area contributed by atoms with E-state index in [0.717, 1.165) is 6.92 Å². The largest absolute Gasteiger partial charge is 0.508 e. The van der Waals surface area contributed by atoms with Gasteiger partial charge in [-0.05, 0) is 109 Å². The number of benzene rings is 1. The fourth-order valence-corrected chi connectivity index (χ4v) is 9.69. The van der Waals surface area contributed by atoms with Gasteiger partial charge in [-0.25, -0.2) is 0 Å². The van der Waals surface area contributed by atoms with E-state index in [2.05, 4.69) is 46.8 Å². The molecule has 0 fully saturated rings. The average Bonchev–Trinajstić information content (AvgIpc) is 4.38. The minimum Gasteiger partial charge on any atom is -0.508 e. The minimum absolute atomic E-state index is 0.0202. The Morgan fingerprint density at radius 2 is 1.06 bits per heavy atom. The first-order valence-electron chi connectivity index (χ1n) is 29.8. The fourth-order valence-electron chi connectivity index (χ4n) is 9.69. The van der Waals surface area contributed by atoms with Crippen molar-refractivity contribution in [2.24, 2.45) is 90.1 Å². The second-order valence-corrected chi connectivity index (χ2v) is 23.2. The number of hydrogen-bond acceptors (Lipinski definition) is 19. The molecule has 0 bridgehead atoms. The molecule has 0 spiro atoms. The van der Waals surface area contributed by atoms with Gasteiger partial charge in [-0.1, -0.05) is 39.3 Å². The molecule has 11 atom stereocenters. The van der Waals surface area contributed by atoms with E-state index in [1.54, 1.807) is 13.8 Å². The van der Waals surface area contributed by atoms with Gasteiger partial charge >= 0.3 is 5.97 Å². The molecule has 1 aliphatic heterocycles. The molecule has 1 aliphatic rings. The molecule has 0 radical (unpaired) electrons. The summed E-state index contributed by atoms with van der Waals surface area (Å²) in [5.41, 5.74) is 33.0. The smallest absolute Gasteiger partial charge is 0.305 e. The first-order valence-corrected chi connectivity index (χ1v) is 29.8. The predicted octanol–water partition coefficient (Wildman–Crippen LogP) is -1.11. The lowest BCUT2D eigenvalue weighted by Crippen LogP contribution is -2.50. The number of guanidine groups is 2. The molecule has 88 heavy (non-hydrogen) atoms. The van der Waals surface area contributed by atoms with Crippen LogP contribution in [0.15, 0.2) is 44.5 Å². The van der Waals surface area contributed by atoms with Crippen LogP contribution in [0.2, 0.25) is 0 Å². The average molecular weight is 1240 g/mol. The number of Topliss-reactive ketones (excluding diaryl/α,β-unsaturated/α-hetero) is 4. The maximum Gasteiger partial charge on any atom is 0.305 e. The molecule has 0 aromatic heterocycles. The summed E-state index contributed by atoms with van der Waals surface area (Å²) in [6, 6.07) is -1.08. The lowest BCUT2D eigenvalue weighted by atomic mass is 9.88. The van der Waals surface area contributed by atoms with Crippen LogP contribution < -0.4 is 61.0 Å². The summed E-state index contributed by atoms with van der Waals surface area (Å²) < 4.78 is 0. The van der Waals surface area contributed by atoms with Crippen LogP contribution in [0.4, 0.5) is 0 Å². The van der Waals surface area contributed by atoms with E-state index in [4.69, 9.17) is 34.4 Å². The molecule has 30 heteroatoms. The number of carbonyl (C=O) groups is 11. The third kappa shape index (κ3) is 28.7. The van der Waals surface area contributed by atoms with Gasteiger partial charge in [-0.2, -0.15) is 10.2 Å². The number of aliphatic hydroxyl groups is 2. The molecular weight excluding hydrogens is 1150 g/mol. The van der Waals surface area contributed by atoms with Crippen LogP contribution in [0.3, 0.4) is 0 Å². The van der Waals surface area contributed by atoms with Crippen LogP contribution in [0, 0.1) is 35.5 Å². The van der Waals surface area contributed by atoms with Crippen LogP contribution in [-0.4, -0.2) is 165 Å². The van der Waals surface area contributed by atoms with E-state index < -0.39 is 175 Å². The highest BCUT2D eigenvalue weighted by Crippen LogP contribution is 2.35. The number of unbranched alkanes of at least 4 members (excludes halogenated alkanes) is 1. The molecule has 1 aromatic rings. The van der Waals surface area contributed by atoms with Crippen LogP contribution >= 0.6 is 0 Å². The van der Waals surface area contributed by atoms with Gasteiger partial charge in [0.1, 0.15) is 11.8 Å². The zero-order chi connectivity index (χ0) is 66.4. The summed E-state index contributed by atoms with van der Waals surface area (Å²) in [6.45, 7) is 9.14. The quantitative estimate of drug-likeness (QED) is 0.0209. The fraction of sp³-hybridized carbons (Fsp3) is 0.672. The number of ketones is 4. The number of nitrogens with two attached hydrogens (primary N) is 6. The standard InChI is InChI=1S/C58H95N15O15/c1-7-35(29-58(6)72-73-58)51(84)68-41(14-11-21-66-57(63)64)46(78)26-38(30-74)54(87)67-32(4)45(77)27-40(33(5)75)55(88)70-43(28-49(81)82)48(80)24-36(12-8-9-19-59)52(85)69-42(23-34-15-17-39(76)18-16-34)47(79)25-37(13-10-20-65-56(61)62)53(86)71-44(50(60)83)22-31(2)3/h15-18,31-33,35-38,40-44,74-76H,7-14,19-30,59H2,1-6H3,(H2,60,83)(H,67,87)(H,68,84)(H,69,85)(H,70,88)(H,71,86)(H,81,82)(H4,61,62,65)(H4,63,64,66)/t32-,33+,35-,36+,37+,38-,40-,41-,42-,43-,44-/m0/s1. The maximum atomic E-state index is 14.5. The Morgan fingerprint density at radius 3 is 1.55 bits per heavy atom. The Bertz CT molecular complexity index is 2620. The van der Waals surface area contributed by atoms with Gasteiger partial charge in [0.15, 0.2) is 40.7 Å². The molecular formula is C58H95N15O15. The van der Waals surface area contributed by atoms with Gasteiger partial charge in [-0.15, -0.1) is 0 Å². The van der Waals surface area contributed by atoms with Crippen molar-refractivity contribution in [3.05, 3.63) is 29.8 Å². The Hall–Kier alpha value is -7.99. The summed E-state index contributed by atoms with van der Waals surface area (Å²) in [4.78, 5) is 158.